The van der Waals surface area contributed by atoms with Crippen LogP contribution >= 0.6 is 0 Å². The van der Waals surface area contributed by atoms with Gasteiger partial charge in [-0.1, -0.05) is 36.4 Å². The fourth-order valence-electron chi connectivity index (χ4n) is 2.77. The van der Waals surface area contributed by atoms with Gasteiger partial charge in [-0.15, -0.1) is 0 Å². The quantitative estimate of drug-likeness (QED) is 0.881. The van der Waals surface area contributed by atoms with Gasteiger partial charge in [0.05, 0.1) is 5.75 Å². The zero-order chi connectivity index (χ0) is 16.3. The van der Waals surface area contributed by atoms with Gasteiger partial charge in [-0.3, -0.25) is 14.5 Å². The first-order valence-electron chi connectivity index (χ1n) is 7.51. The molecule has 0 radical (unpaired) electrons. The number of nitrogens with one attached hydrogen (secondary N) is 1. The normalized spacial score (nSPS) is 20.0. The summed E-state index contributed by atoms with van der Waals surface area (Å²) in [4.78, 5) is 15.8. The Morgan fingerprint density at radius 1 is 1.17 bits per heavy atom. The van der Waals surface area contributed by atoms with Crippen molar-refractivity contribution in [2.24, 2.45) is 5.92 Å². The number of carbonyl (C=O) groups is 1. The molecule has 120 valence electrons. The number of nitrogens with zero attached hydrogens (tertiary/aromatic N) is 1. The van der Waals surface area contributed by atoms with Crippen molar-refractivity contribution in [2.75, 3.05) is 0 Å². The monoisotopic (exact) mass is 330 g/mol. The lowest BCUT2D eigenvalue weighted by atomic mass is 10.1. The third kappa shape index (κ3) is 4.39. The van der Waals surface area contributed by atoms with Crippen LogP contribution in [0.5, 0.6) is 0 Å². The van der Waals surface area contributed by atoms with Crippen LogP contribution in [0.4, 0.5) is 0 Å². The van der Waals surface area contributed by atoms with Gasteiger partial charge in [-0.25, -0.2) is 8.42 Å². The SMILES string of the molecule is O=C(C[C@@H]1C[C@H]1c1ccccc1)NS(=O)(=O)Cc1cccnc1. The van der Waals surface area contributed by atoms with Crippen LogP contribution in [0.2, 0.25) is 0 Å². The molecular formula is C17H18N2O3S. The highest BCUT2D eigenvalue weighted by Crippen LogP contribution is 2.49. The van der Waals surface area contributed by atoms with E-state index in [1.54, 1.807) is 18.3 Å². The molecular weight excluding hydrogens is 312 g/mol. The van der Waals surface area contributed by atoms with E-state index in [1.165, 1.54) is 11.8 Å². The van der Waals surface area contributed by atoms with Crippen molar-refractivity contribution in [1.82, 2.24) is 9.71 Å². The standard InChI is InChI=1S/C17H18N2O3S/c20-17(10-15-9-16(15)14-6-2-1-3-7-14)19-23(21,22)12-13-5-4-8-18-11-13/h1-8,11,15-16H,9-10,12H2,(H,19,20)/t15-,16-/m0/s1. The Morgan fingerprint density at radius 3 is 2.65 bits per heavy atom. The molecule has 0 saturated heterocycles. The maximum Gasteiger partial charge on any atom is 0.239 e. The fraction of sp³-hybridized carbons (Fsp3) is 0.294. The molecule has 1 fully saturated rings. The van der Waals surface area contributed by atoms with Crippen LogP contribution in [0.15, 0.2) is 54.9 Å². The topological polar surface area (TPSA) is 76.1 Å². The van der Waals surface area contributed by atoms with E-state index in [0.717, 1.165) is 6.42 Å². The molecule has 1 aliphatic rings. The van der Waals surface area contributed by atoms with Gasteiger partial charge in [-0.05, 0) is 35.4 Å². The summed E-state index contributed by atoms with van der Waals surface area (Å²) in [7, 11) is -3.67. The second kappa shape index (κ2) is 6.50. The van der Waals surface area contributed by atoms with Crippen LogP contribution in [-0.4, -0.2) is 19.3 Å². The van der Waals surface area contributed by atoms with Gasteiger partial charge in [0.2, 0.25) is 15.9 Å². The molecule has 1 amide bonds. The lowest BCUT2D eigenvalue weighted by molar-refractivity contribution is -0.119. The Hall–Kier alpha value is -2.21. The van der Waals surface area contributed by atoms with E-state index >= 15 is 0 Å². The predicted octanol–water partition coefficient (Wildman–Crippen LogP) is 2.22. The van der Waals surface area contributed by atoms with Gasteiger partial charge in [0.15, 0.2) is 0 Å². The largest absolute Gasteiger partial charge is 0.274 e. The fourth-order valence-corrected chi connectivity index (χ4v) is 3.89. The Morgan fingerprint density at radius 2 is 1.96 bits per heavy atom. The van der Waals surface area contributed by atoms with Gasteiger partial charge >= 0.3 is 0 Å². The van der Waals surface area contributed by atoms with Gasteiger partial charge < -0.3 is 0 Å². The molecule has 5 nitrogen and oxygen atoms in total. The van der Waals surface area contributed by atoms with E-state index < -0.39 is 15.9 Å². The van der Waals surface area contributed by atoms with Crippen molar-refractivity contribution >= 4 is 15.9 Å². The average molecular weight is 330 g/mol. The number of sulfonamides is 1. The first-order valence-corrected chi connectivity index (χ1v) is 9.16. The Kier molecular flexibility index (Phi) is 4.43. The van der Waals surface area contributed by atoms with Crippen molar-refractivity contribution in [3.05, 3.63) is 66.0 Å². The number of benzene rings is 1. The van der Waals surface area contributed by atoms with Crippen molar-refractivity contribution in [3.8, 4) is 0 Å². The highest BCUT2D eigenvalue weighted by atomic mass is 32.2. The molecule has 2 atom stereocenters. The molecule has 1 saturated carbocycles. The maximum absolute atomic E-state index is 12.0. The maximum atomic E-state index is 12.0. The van der Waals surface area contributed by atoms with Crippen LogP contribution in [0.3, 0.4) is 0 Å². The Labute approximate surface area is 135 Å². The molecule has 3 rings (SSSR count). The summed E-state index contributed by atoms with van der Waals surface area (Å²) in [5, 5.41) is 0. The summed E-state index contributed by atoms with van der Waals surface area (Å²) >= 11 is 0. The first kappa shape index (κ1) is 15.7. The van der Waals surface area contributed by atoms with E-state index in [2.05, 4.69) is 9.71 Å². The average Bonchev–Trinajstić information content (AvgIpc) is 3.27. The van der Waals surface area contributed by atoms with Gasteiger partial charge in [0.1, 0.15) is 0 Å². The van der Waals surface area contributed by atoms with E-state index in [-0.39, 0.29) is 18.1 Å². The van der Waals surface area contributed by atoms with E-state index in [4.69, 9.17) is 0 Å². The molecule has 1 N–H and O–H groups in total. The lowest BCUT2D eigenvalue weighted by Crippen LogP contribution is -2.31. The molecule has 23 heavy (non-hydrogen) atoms. The second-order valence-electron chi connectivity index (χ2n) is 5.86. The zero-order valence-electron chi connectivity index (χ0n) is 12.6. The minimum absolute atomic E-state index is 0.228. The van der Waals surface area contributed by atoms with Crippen molar-refractivity contribution in [3.63, 3.8) is 0 Å². The Balaban J connectivity index is 1.52. The molecule has 1 aromatic carbocycles. The predicted molar refractivity (Wildman–Crippen MR) is 86.9 cm³/mol. The minimum atomic E-state index is -3.67. The van der Waals surface area contributed by atoms with Crippen molar-refractivity contribution in [1.29, 1.82) is 0 Å². The van der Waals surface area contributed by atoms with Gasteiger partial charge in [0, 0.05) is 18.8 Å². The van der Waals surface area contributed by atoms with Gasteiger partial charge in [-0.2, -0.15) is 0 Å². The number of amides is 1. The van der Waals surface area contributed by atoms with E-state index in [1.807, 2.05) is 30.3 Å². The molecule has 1 aromatic heterocycles. The number of hydrogen-bond donors (Lipinski definition) is 1. The minimum Gasteiger partial charge on any atom is -0.274 e. The summed E-state index contributed by atoms with van der Waals surface area (Å²) in [6, 6.07) is 13.3. The molecule has 0 unspecified atom stereocenters. The summed E-state index contributed by atoms with van der Waals surface area (Å²) in [6.07, 6.45) is 4.23. The molecule has 6 heteroatoms. The van der Waals surface area contributed by atoms with Crippen LogP contribution in [0.1, 0.15) is 29.9 Å². The van der Waals surface area contributed by atoms with E-state index in [0.29, 0.717) is 11.5 Å². The van der Waals surface area contributed by atoms with Crippen LogP contribution in [0, 0.1) is 5.92 Å². The Bertz CT molecular complexity index is 776. The second-order valence-corrected chi connectivity index (χ2v) is 7.58. The third-order valence-corrected chi connectivity index (χ3v) is 5.20. The highest BCUT2D eigenvalue weighted by molar-refractivity contribution is 7.89. The smallest absolute Gasteiger partial charge is 0.239 e. The summed E-state index contributed by atoms with van der Waals surface area (Å²) in [5.74, 6) is -0.0781. The number of carbonyl (C=O) groups excluding carboxylic acids is 1. The molecule has 2 aromatic rings. The number of pyridine rings is 1. The third-order valence-electron chi connectivity index (χ3n) is 3.95. The van der Waals surface area contributed by atoms with Crippen LogP contribution in [0.25, 0.3) is 0 Å². The number of aromatic nitrogens is 1. The summed E-state index contributed by atoms with van der Waals surface area (Å²) in [5.41, 5.74) is 1.77. The van der Waals surface area contributed by atoms with Gasteiger partial charge in [0.25, 0.3) is 0 Å². The first-order chi connectivity index (χ1) is 11.0. The van der Waals surface area contributed by atoms with Crippen molar-refractivity contribution in [2.45, 2.75) is 24.5 Å². The number of hydrogen-bond acceptors (Lipinski definition) is 4. The number of rotatable bonds is 6. The molecule has 0 spiro atoms. The zero-order valence-corrected chi connectivity index (χ0v) is 13.4. The van der Waals surface area contributed by atoms with E-state index in [9.17, 15) is 13.2 Å². The van der Waals surface area contributed by atoms with Crippen LogP contribution in [-0.2, 0) is 20.6 Å². The molecule has 1 heterocycles. The summed E-state index contributed by atoms with van der Waals surface area (Å²) in [6.45, 7) is 0. The molecule has 0 bridgehead atoms. The molecule has 1 aliphatic carbocycles. The summed E-state index contributed by atoms with van der Waals surface area (Å²) < 4.78 is 26.2. The van der Waals surface area contributed by atoms with Crippen molar-refractivity contribution < 1.29 is 13.2 Å². The lowest BCUT2D eigenvalue weighted by Gasteiger charge is -2.07. The molecule has 0 aliphatic heterocycles. The highest BCUT2D eigenvalue weighted by Gasteiger charge is 2.39. The van der Waals surface area contributed by atoms with Crippen LogP contribution < -0.4 is 4.72 Å².